The first-order valence-corrected chi connectivity index (χ1v) is 7.13. The zero-order valence-electron chi connectivity index (χ0n) is 11.3. The van der Waals surface area contributed by atoms with Crippen LogP contribution in [0.5, 0.6) is 0 Å². The van der Waals surface area contributed by atoms with Crippen LogP contribution in [0.15, 0.2) is 0 Å². The van der Waals surface area contributed by atoms with Gasteiger partial charge < -0.3 is 10.4 Å². The van der Waals surface area contributed by atoms with Crippen molar-refractivity contribution < 1.29 is 14.7 Å². The lowest BCUT2D eigenvalue weighted by molar-refractivity contribution is -0.139. The van der Waals surface area contributed by atoms with Gasteiger partial charge >= 0.3 is 5.97 Å². The predicted molar refractivity (Wildman–Crippen MR) is 70.3 cm³/mol. The van der Waals surface area contributed by atoms with Gasteiger partial charge in [0.05, 0.1) is 6.42 Å². The van der Waals surface area contributed by atoms with Crippen molar-refractivity contribution in [1.82, 2.24) is 5.32 Å². The first kappa shape index (κ1) is 15.0. The first-order valence-electron chi connectivity index (χ1n) is 7.13. The van der Waals surface area contributed by atoms with Gasteiger partial charge in [0.2, 0.25) is 5.91 Å². The van der Waals surface area contributed by atoms with Gasteiger partial charge in [-0.05, 0) is 31.6 Å². The molecule has 1 aliphatic rings. The highest BCUT2D eigenvalue weighted by atomic mass is 16.4. The van der Waals surface area contributed by atoms with Gasteiger partial charge in [0, 0.05) is 12.5 Å². The molecular formula is C14H25NO3. The Balaban J connectivity index is 2.14. The van der Waals surface area contributed by atoms with E-state index in [1.54, 1.807) is 0 Å². The highest BCUT2D eigenvalue weighted by molar-refractivity contribution is 5.80. The maximum atomic E-state index is 11.5. The first-order chi connectivity index (χ1) is 8.61. The fourth-order valence-corrected chi connectivity index (χ4v) is 2.61. The third kappa shape index (κ3) is 6.03. The second kappa shape index (κ2) is 8.11. The Morgan fingerprint density at radius 1 is 1.17 bits per heavy atom. The zero-order valence-corrected chi connectivity index (χ0v) is 11.3. The molecule has 1 amide bonds. The molecule has 0 atom stereocenters. The standard InChI is InChI=1S/C14H25NO3/c1-2-3-4-11-5-7-12(8-6-11)15-13(16)9-10-14(17)18/h11-12H,2-10H2,1H3,(H,15,16)(H,17,18). The second-order valence-electron chi connectivity index (χ2n) is 5.32. The highest BCUT2D eigenvalue weighted by Gasteiger charge is 2.21. The molecule has 18 heavy (non-hydrogen) atoms. The molecule has 0 saturated heterocycles. The summed E-state index contributed by atoms with van der Waals surface area (Å²) in [4.78, 5) is 21.9. The van der Waals surface area contributed by atoms with E-state index in [0.717, 1.165) is 18.8 Å². The van der Waals surface area contributed by atoms with Crippen LogP contribution >= 0.6 is 0 Å². The predicted octanol–water partition coefficient (Wildman–Crippen LogP) is 2.72. The molecule has 0 heterocycles. The van der Waals surface area contributed by atoms with Crippen molar-refractivity contribution in [3.8, 4) is 0 Å². The maximum Gasteiger partial charge on any atom is 0.303 e. The summed E-state index contributed by atoms with van der Waals surface area (Å²) in [5, 5.41) is 11.5. The van der Waals surface area contributed by atoms with Crippen molar-refractivity contribution in [2.24, 2.45) is 5.92 Å². The molecule has 104 valence electrons. The van der Waals surface area contributed by atoms with Gasteiger partial charge in [0.15, 0.2) is 0 Å². The van der Waals surface area contributed by atoms with Gasteiger partial charge in [-0.1, -0.05) is 26.2 Å². The average molecular weight is 255 g/mol. The lowest BCUT2D eigenvalue weighted by Gasteiger charge is -2.29. The summed E-state index contributed by atoms with van der Waals surface area (Å²) in [5.74, 6) is -0.194. The molecule has 0 unspecified atom stereocenters. The molecule has 0 aliphatic heterocycles. The van der Waals surface area contributed by atoms with Gasteiger partial charge in [0.1, 0.15) is 0 Å². The largest absolute Gasteiger partial charge is 0.481 e. The third-order valence-electron chi connectivity index (χ3n) is 3.74. The van der Waals surface area contributed by atoms with Gasteiger partial charge in [-0.15, -0.1) is 0 Å². The summed E-state index contributed by atoms with van der Waals surface area (Å²) in [6.07, 6.45) is 8.40. The molecule has 1 rings (SSSR count). The molecule has 2 N–H and O–H groups in total. The SMILES string of the molecule is CCCCC1CCC(NC(=O)CCC(=O)O)CC1. The van der Waals surface area contributed by atoms with Gasteiger partial charge in [-0.3, -0.25) is 9.59 Å². The van der Waals surface area contributed by atoms with Crippen LogP contribution in [0.2, 0.25) is 0 Å². The van der Waals surface area contributed by atoms with E-state index >= 15 is 0 Å². The Morgan fingerprint density at radius 3 is 2.39 bits per heavy atom. The van der Waals surface area contributed by atoms with E-state index in [-0.39, 0.29) is 24.8 Å². The van der Waals surface area contributed by atoms with Gasteiger partial charge in [-0.25, -0.2) is 0 Å². The number of hydrogen-bond acceptors (Lipinski definition) is 2. The summed E-state index contributed by atoms with van der Waals surface area (Å²) in [7, 11) is 0. The van der Waals surface area contributed by atoms with Crippen molar-refractivity contribution in [3.63, 3.8) is 0 Å². The number of amides is 1. The number of carbonyl (C=O) groups is 2. The van der Waals surface area contributed by atoms with Crippen molar-refractivity contribution in [3.05, 3.63) is 0 Å². The van der Waals surface area contributed by atoms with Crippen LogP contribution in [0.3, 0.4) is 0 Å². The lowest BCUT2D eigenvalue weighted by atomic mass is 9.83. The summed E-state index contributed by atoms with van der Waals surface area (Å²) >= 11 is 0. The molecule has 1 aliphatic carbocycles. The van der Waals surface area contributed by atoms with Crippen LogP contribution in [0.25, 0.3) is 0 Å². The molecule has 0 aromatic carbocycles. The van der Waals surface area contributed by atoms with Crippen LogP contribution in [-0.4, -0.2) is 23.0 Å². The number of nitrogens with one attached hydrogen (secondary N) is 1. The summed E-state index contributed by atoms with van der Waals surface area (Å²) in [6, 6.07) is 0.268. The van der Waals surface area contributed by atoms with E-state index in [0.29, 0.717) is 0 Å². The number of hydrogen-bond donors (Lipinski definition) is 2. The quantitative estimate of drug-likeness (QED) is 0.735. The van der Waals surface area contributed by atoms with E-state index in [2.05, 4.69) is 12.2 Å². The Labute approximate surface area is 109 Å². The summed E-state index contributed by atoms with van der Waals surface area (Å²) in [6.45, 7) is 2.22. The molecular weight excluding hydrogens is 230 g/mol. The lowest BCUT2D eigenvalue weighted by Crippen LogP contribution is -2.37. The van der Waals surface area contributed by atoms with Crippen molar-refractivity contribution in [1.29, 1.82) is 0 Å². The van der Waals surface area contributed by atoms with Crippen molar-refractivity contribution in [2.45, 2.75) is 70.8 Å². The minimum Gasteiger partial charge on any atom is -0.481 e. The topological polar surface area (TPSA) is 66.4 Å². The number of unbranched alkanes of at least 4 members (excludes halogenated alkanes) is 1. The van der Waals surface area contributed by atoms with E-state index in [1.807, 2.05) is 0 Å². The Kier molecular flexibility index (Phi) is 6.76. The number of rotatable bonds is 7. The van der Waals surface area contributed by atoms with Gasteiger partial charge in [0.25, 0.3) is 0 Å². The van der Waals surface area contributed by atoms with Crippen LogP contribution < -0.4 is 5.32 Å². The molecule has 4 nitrogen and oxygen atoms in total. The highest BCUT2D eigenvalue weighted by Crippen LogP contribution is 2.28. The fourth-order valence-electron chi connectivity index (χ4n) is 2.61. The Bertz CT molecular complexity index is 270. The van der Waals surface area contributed by atoms with E-state index in [9.17, 15) is 9.59 Å². The van der Waals surface area contributed by atoms with E-state index < -0.39 is 5.97 Å². The molecule has 0 radical (unpaired) electrons. The molecule has 1 saturated carbocycles. The number of carboxylic acid groups (broad SMARTS) is 1. The normalized spacial score (nSPS) is 23.6. The van der Waals surface area contributed by atoms with Crippen LogP contribution in [-0.2, 0) is 9.59 Å². The molecule has 4 heteroatoms. The Morgan fingerprint density at radius 2 is 1.83 bits per heavy atom. The average Bonchev–Trinajstić information content (AvgIpc) is 2.35. The smallest absolute Gasteiger partial charge is 0.303 e. The van der Waals surface area contributed by atoms with Crippen molar-refractivity contribution >= 4 is 11.9 Å². The third-order valence-corrected chi connectivity index (χ3v) is 3.74. The molecule has 0 spiro atoms. The summed E-state index contributed by atoms with van der Waals surface area (Å²) < 4.78 is 0. The van der Waals surface area contributed by atoms with Crippen LogP contribution in [0.4, 0.5) is 0 Å². The molecule has 0 bridgehead atoms. The maximum absolute atomic E-state index is 11.5. The van der Waals surface area contributed by atoms with E-state index in [4.69, 9.17) is 5.11 Å². The fraction of sp³-hybridized carbons (Fsp3) is 0.857. The van der Waals surface area contributed by atoms with Crippen molar-refractivity contribution in [2.75, 3.05) is 0 Å². The second-order valence-corrected chi connectivity index (χ2v) is 5.32. The number of carboxylic acids is 1. The number of aliphatic carboxylic acids is 1. The van der Waals surface area contributed by atoms with Crippen LogP contribution in [0.1, 0.15) is 64.7 Å². The monoisotopic (exact) mass is 255 g/mol. The molecule has 0 aromatic heterocycles. The van der Waals surface area contributed by atoms with E-state index in [1.165, 1.54) is 32.1 Å². The minimum absolute atomic E-state index is 0.0717. The zero-order chi connectivity index (χ0) is 13.4. The van der Waals surface area contributed by atoms with Crippen LogP contribution in [0, 0.1) is 5.92 Å². The minimum atomic E-state index is -0.909. The summed E-state index contributed by atoms with van der Waals surface area (Å²) in [5.41, 5.74) is 0. The molecule has 1 fully saturated rings. The number of carbonyl (C=O) groups excluding carboxylic acids is 1. The Hall–Kier alpha value is -1.06. The molecule has 0 aromatic rings. The van der Waals surface area contributed by atoms with Gasteiger partial charge in [-0.2, -0.15) is 0 Å².